The maximum Gasteiger partial charge on any atom is 0.391 e. The van der Waals surface area contributed by atoms with Gasteiger partial charge in [0.15, 0.2) is 0 Å². The van der Waals surface area contributed by atoms with Gasteiger partial charge in [-0.25, -0.2) is 0 Å². The summed E-state index contributed by atoms with van der Waals surface area (Å²) in [4.78, 5) is 0. The van der Waals surface area contributed by atoms with Crippen molar-refractivity contribution in [2.75, 3.05) is 0 Å². The lowest BCUT2D eigenvalue weighted by atomic mass is 9.70. The summed E-state index contributed by atoms with van der Waals surface area (Å²) in [5.41, 5.74) is 0. The fourth-order valence-corrected chi connectivity index (χ4v) is 2.74. The van der Waals surface area contributed by atoms with Crippen molar-refractivity contribution in [1.29, 1.82) is 0 Å². The van der Waals surface area contributed by atoms with E-state index in [1.165, 1.54) is 0 Å². The summed E-state index contributed by atoms with van der Waals surface area (Å²) >= 11 is 0. The van der Waals surface area contributed by atoms with Crippen LogP contribution >= 0.6 is 0 Å². The van der Waals surface area contributed by atoms with Gasteiger partial charge in [0.25, 0.3) is 0 Å². The molecule has 80 valence electrons. The third-order valence-electron chi connectivity index (χ3n) is 3.60. The van der Waals surface area contributed by atoms with Gasteiger partial charge in [-0.2, -0.15) is 13.2 Å². The van der Waals surface area contributed by atoms with E-state index in [-0.39, 0.29) is 5.92 Å². The van der Waals surface area contributed by atoms with Crippen LogP contribution in [0.4, 0.5) is 13.2 Å². The Kier molecular flexibility index (Phi) is 2.58. The molecule has 14 heavy (non-hydrogen) atoms. The molecule has 0 heterocycles. The molecule has 0 aliphatic heterocycles. The minimum atomic E-state index is -3.98. The summed E-state index contributed by atoms with van der Waals surface area (Å²) < 4.78 is 37.4. The van der Waals surface area contributed by atoms with Gasteiger partial charge in [0, 0.05) is 0 Å². The number of halogens is 3. The minimum absolute atomic E-state index is 0.198. The quantitative estimate of drug-likeness (QED) is 0.524. The number of rotatable bonds is 0. The Bertz CT molecular complexity index is 229. The Morgan fingerprint density at radius 1 is 1.07 bits per heavy atom. The predicted molar refractivity (Wildman–Crippen MR) is 48.8 cm³/mol. The lowest BCUT2D eigenvalue weighted by Crippen LogP contribution is -2.33. The highest BCUT2D eigenvalue weighted by molar-refractivity contribution is 5.00. The average molecular weight is 204 g/mol. The van der Waals surface area contributed by atoms with Crippen molar-refractivity contribution in [2.24, 2.45) is 17.8 Å². The first-order valence-corrected chi connectivity index (χ1v) is 5.31. The normalized spacial score (nSPS) is 38.1. The smallest absolute Gasteiger partial charge is 0.171 e. The van der Waals surface area contributed by atoms with Crippen LogP contribution in [0.3, 0.4) is 0 Å². The molecule has 0 bridgehead atoms. The molecule has 0 aromatic carbocycles. The molecule has 0 N–H and O–H groups in total. The van der Waals surface area contributed by atoms with E-state index in [4.69, 9.17) is 0 Å². The van der Waals surface area contributed by atoms with Crippen molar-refractivity contribution < 1.29 is 13.2 Å². The van der Waals surface area contributed by atoms with Crippen molar-refractivity contribution in [3.8, 4) is 0 Å². The number of hydrogen-bond acceptors (Lipinski definition) is 0. The second kappa shape index (κ2) is 3.59. The van der Waals surface area contributed by atoms with Crippen LogP contribution in [0.25, 0.3) is 0 Å². The van der Waals surface area contributed by atoms with E-state index >= 15 is 0 Å². The van der Waals surface area contributed by atoms with Crippen LogP contribution in [-0.2, 0) is 0 Å². The molecular weight excluding hydrogens is 189 g/mol. The fraction of sp³-hybridized carbons (Fsp3) is 0.818. The summed E-state index contributed by atoms with van der Waals surface area (Å²) in [6.07, 6.45) is 3.65. The summed E-state index contributed by atoms with van der Waals surface area (Å²) in [7, 11) is 0. The molecule has 1 fully saturated rings. The molecule has 0 radical (unpaired) electrons. The molecule has 3 atom stereocenters. The summed E-state index contributed by atoms with van der Waals surface area (Å²) in [6.45, 7) is 0. The van der Waals surface area contributed by atoms with E-state index in [0.717, 1.165) is 19.3 Å². The number of allylic oxidation sites excluding steroid dienone is 2. The van der Waals surface area contributed by atoms with Crippen molar-refractivity contribution in [3.63, 3.8) is 0 Å². The van der Waals surface area contributed by atoms with Crippen LogP contribution in [0.1, 0.15) is 32.1 Å². The molecule has 0 spiro atoms. The highest BCUT2D eigenvalue weighted by Gasteiger charge is 2.44. The van der Waals surface area contributed by atoms with Crippen molar-refractivity contribution in [3.05, 3.63) is 12.2 Å². The van der Waals surface area contributed by atoms with Crippen LogP contribution in [0.5, 0.6) is 0 Å². The van der Waals surface area contributed by atoms with Crippen molar-refractivity contribution >= 4 is 0 Å². The predicted octanol–water partition coefficient (Wildman–Crippen LogP) is 3.93. The molecule has 0 aromatic heterocycles. The van der Waals surface area contributed by atoms with E-state index in [0.29, 0.717) is 18.8 Å². The van der Waals surface area contributed by atoms with Crippen LogP contribution in [0, 0.1) is 17.8 Å². The fourth-order valence-electron chi connectivity index (χ4n) is 2.74. The van der Waals surface area contributed by atoms with E-state index in [1.54, 1.807) is 0 Å². The summed E-state index contributed by atoms with van der Waals surface area (Å²) in [5, 5.41) is 0. The summed E-state index contributed by atoms with van der Waals surface area (Å²) in [6, 6.07) is 0. The molecule has 2 rings (SSSR count). The van der Waals surface area contributed by atoms with E-state index in [9.17, 15) is 13.2 Å². The molecule has 2 aliphatic rings. The monoisotopic (exact) mass is 204 g/mol. The maximum absolute atomic E-state index is 12.5. The molecule has 0 amide bonds. The zero-order valence-corrected chi connectivity index (χ0v) is 8.06. The molecule has 0 aromatic rings. The Morgan fingerprint density at radius 2 is 1.86 bits per heavy atom. The van der Waals surface area contributed by atoms with Gasteiger partial charge in [0.2, 0.25) is 0 Å². The second-order valence-corrected chi connectivity index (χ2v) is 4.48. The Labute approximate surface area is 82.2 Å². The van der Waals surface area contributed by atoms with Gasteiger partial charge in [0.1, 0.15) is 0 Å². The Balaban J connectivity index is 2.02. The van der Waals surface area contributed by atoms with Gasteiger partial charge in [-0.3, -0.25) is 0 Å². The van der Waals surface area contributed by atoms with Crippen LogP contribution in [0.2, 0.25) is 0 Å². The zero-order chi connectivity index (χ0) is 10.2. The SMILES string of the molecule is FC(F)(F)C1CCC2CCC=CC2C1. The molecule has 3 heteroatoms. The van der Waals surface area contributed by atoms with Gasteiger partial charge in [0.05, 0.1) is 5.92 Å². The third kappa shape index (κ3) is 1.96. The van der Waals surface area contributed by atoms with Crippen molar-refractivity contribution in [2.45, 2.75) is 38.3 Å². The maximum atomic E-state index is 12.5. The van der Waals surface area contributed by atoms with E-state index in [2.05, 4.69) is 0 Å². The lowest BCUT2D eigenvalue weighted by Gasteiger charge is -2.37. The van der Waals surface area contributed by atoms with Gasteiger partial charge in [-0.1, -0.05) is 12.2 Å². The van der Waals surface area contributed by atoms with Crippen molar-refractivity contribution in [1.82, 2.24) is 0 Å². The van der Waals surface area contributed by atoms with Crippen LogP contribution in [0.15, 0.2) is 12.2 Å². The number of hydrogen-bond donors (Lipinski definition) is 0. The highest BCUT2D eigenvalue weighted by atomic mass is 19.4. The van der Waals surface area contributed by atoms with Gasteiger partial charge in [-0.05, 0) is 43.9 Å². The number of alkyl halides is 3. The molecule has 1 saturated carbocycles. The molecule has 0 nitrogen and oxygen atoms in total. The number of fused-ring (bicyclic) bond motifs is 1. The second-order valence-electron chi connectivity index (χ2n) is 4.48. The molecular formula is C11H15F3. The van der Waals surface area contributed by atoms with Crippen LogP contribution < -0.4 is 0 Å². The van der Waals surface area contributed by atoms with E-state index < -0.39 is 12.1 Å². The standard InChI is InChI=1S/C11H15F3/c12-11(13,14)10-6-5-8-3-1-2-4-9(8)7-10/h2,4,8-10H,1,3,5-7H2. The first-order valence-electron chi connectivity index (χ1n) is 5.31. The third-order valence-corrected chi connectivity index (χ3v) is 3.60. The lowest BCUT2D eigenvalue weighted by molar-refractivity contribution is -0.187. The van der Waals surface area contributed by atoms with Gasteiger partial charge >= 0.3 is 6.18 Å². The van der Waals surface area contributed by atoms with E-state index in [1.807, 2.05) is 12.2 Å². The minimum Gasteiger partial charge on any atom is -0.171 e. The molecule has 2 aliphatic carbocycles. The van der Waals surface area contributed by atoms with Gasteiger partial charge < -0.3 is 0 Å². The average Bonchev–Trinajstić information content (AvgIpc) is 2.16. The largest absolute Gasteiger partial charge is 0.391 e. The Morgan fingerprint density at radius 3 is 2.57 bits per heavy atom. The summed E-state index contributed by atoms with van der Waals surface area (Å²) in [5.74, 6) is -0.325. The zero-order valence-electron chi connectivity index (χ0n) is 8.06. The first-order chi connectivity index (χ1) is 6.57. The highest BCUT2D eigenvalue weighted by Crippen LogP contribution is 2.45. The van der Waals surface area contributed by atoms with Crippen LogP contribution in [-0.4, -0.2) is 6.18 Å². The van der Waals surface area contributed by atoms with Gasteiger partial charge in [-0.15, -0.1) is 0 Å². The molecule has 0 saturated heterocycles. The Hall–Kier alpha value is -0.470. The first kappa shape index (κ1) is 10.1. The molecule has 3 unspecified atom stereocenters. The topological polar surface area (TPSA) is 0 Å².